The molecule has 0 saturated heterocycles. The van der Waals surface area contributed by atoms with Gasteiger partial charge in [0, 0.05) is 7.05 Å². The summed E-state index contributed by atoms with van der Waals surface area (Å²) in [5.74, 6) is -1.64. The third-order valence-electron chi connectivity index (χ3n) is 4.81. The topological polar surface area (TPSA) is 120 Å². The summed E-state index contributed by atoms with van der Waals surface area (Å²) in [5, 5.41) is 5.17. The molecule has 0 radical (unpaired) electrons. The molecule has 0 unspecified atom stereocenters. The molecule has 184 valence electrons. The van der Waals surface area contributed by atoms with Crippen molar-refractivity contribution in [2.75, 3.05) is 32.2 Å². The molecule has 0 aliphatic heterocycles. The van der Waals surface area contributed by atoms with Gasteiger partial charge in [0.15, 0.2) is 13.2 Å². The number of hydrogen-bond acceptors (Lipinski definition) is 8. The van der Waals surface area contributed by atoms with Gasteiger partial charge in [-0.1, -0.05) is 26.0 Å². The third kappa shape index (κ3) is 6.80. The van der Waals surface area contributed by atoms with Crippen LogP contribution < -0.4 is 15.4 Å². The summed E-state index contributed by atoms with van der Waals surface area (Å²) in [6.07, 6.45) is 0. The first-order valence-electron chi connectivity index (χ1n) is 10.8. The van der Waals surface area contributed by atoms with E-state index in [1.54, 1.807) is 13.8 Å². The molecule has 0 atom stereocenters. The van der Waals surface area contributed by atoms with E-state index in [4.69, 9.17) is 14.2 Å². The van der Waals surface area contributed by atoms with Gasteiger partial charge in [0.05, 0.1) is 17.0 Å². The number of anilines is 1. The van der Waals surface area contributed by atoms with Crippen molar-refractivity contribution in [2.24, 2.45) is 0 Å². The fourth-order valence-electron chi connectivity index (χ4n) is 3.11. The molecule has 34 heavy (non-hydrogen) atoms. The minimum absolute atomic E-state index is 0.0918. The van der Waals surface area contributed by atoms with Crippen LogP contribution in [0.3, 0.4) is 0 Å². The van der Waals surface area contributed by atoms with Crippen molar-refractivity contribution in [2.45, 2.75) is 40.5 Å². The Hall–Kier alpha value is -3.40. The maximum atomic E-state index is 12.4. The molecule has 2 aromatic rings. The first kappa shape index (κ1) is 26.8. The molecule has 2 rings (SSSR count). The standard InChI is InChI=1S/C24H30N2O7S/c1-7-31-24(30)20-15(5)21(22(29)25-6)34-23(20)26-18(27)11-33-19(28)12-32-17-10-14(4)8-9-16(17)13(2)3/h8-10,13H,7,11-12H2,1-6H3,(H,25,29)(H,26,27). The predicted molar refractivity (Wildman–Crippen MR) is 129 cm³/mol. The predicted octanol–water partition coefficient (Wildman–Crippen LogP) is 3.59. The molecule has 1 aromatic carbocycles. The Labute approximate surface area is 202 Å². The Kier molecular flexibility index (Phi) is 9.61. The molecule has 0 saturated carbocycles. The van der Waals surface area contributed by atoms with Crippen LogP contribution in [0.5, 0.6) is 5.75 Å². The zero-order valence-electron chi connectivity index (χ0n) is 20.2. The fraction of sp³-hybridized carbons (Fsp3) is 0.417. The van der Waals surface area contributed by atoms with Gasteiger partial charge >= 0.3 is 11.9 Å². The molecular formula is C24H30N2O7S. The second kappa shape index (κ2) is 12.2. The second-order valence-electron chi connectivity index (χ2n) is 7.75. The Balaban J connectivity index is 2.02. The number of thiophene rings is 1. The van der Waals surface area contributed by atoms with Crippen LogP contribution in [0.2, 0.25) is 0 Å². The van der Waals surface area contributed by atoms with Crippen LogP contribution in [0.25, 0.3) is 0 Å². The molecule has 10 heteroatoms. The van der Waals surface area contributed by atoms with E-state index in [1.807, 2.05) is 39.0 Å². The number of nitrogens with one attached hydrogen (secondary N) is 2. The lowest BCUT2D eigenvalue weighted by Gasteiger charge is -2.14. The number of carbonyl (C=O) groups is 4. The van der Waals surface area contributed by atoms with Crippen molar-refractivity contribution >= 4 is 40.1 Å². The maximum absolute atomic E-state index is 12.4. The molecule has 9 nitrogen and oxygen atoms in total. The number of hydrogen-bond donors (Lipinski definition) is 2. The Morgan fingerprint density at radius 3 is 2.38 bits per heavy atom. The van der Waals surface area contributed by atoms with Gasteiger partial charge in [-0.25, -0.2) is 9.59 Å². The van der Waals surface area contributed by atoms with Gasteiger partial charge in [-0.3, -0.25) is 9.59 Å². The highest BCUT2D eigenvalue weighted by Gasteiger charge is 2.26. The SMILES string of the molecule is CCOC(=O)c1c(NC(=O)COC(=O)COc2cc(C)ccc2C(C)C)sc(C(=O)NC)c1C. The average molecular weight is 491 g/mol. The van der Waals surface area contributed by atoms with Gasteiger partial charge in [-0.05, 0) is 49.4 Å². The molecule has 1 heterocycles. The van der Waals surface area contributed by atoms with Crippen molar-refractivity contribution in [3.8, 4) is 5.75 Å². The van der Waals surface area contributed by atoms with Crippen molar-refractivity contribution in [3.63, 3.8) is 0 Å². The van der Waals surface area contributed by atoms with Crippen LogP contribution in [-0.2, 0) is 19.1 Å². The van der Waals surface area contributed by atoms with Crippen LogP contribution in [0, 0.1) is 13.8 Å². The highest BCUT2D eigenvalue weighted by molar-refractivity contribution is 7.18. The summed E-state index contributed by atoms with van der Waals surface area (Å²) in [6.45, 7) is 8.40. The third-order valence-corrected chi connectivity index (χ3v) is 6.02. The number of rotatable bonds is 10. The first-order chi connectivity index (χ1) is 16.1. The Morgan fingerprint density at radius 2 is 1.76 bits per heavy atom. The molecule has 0 spiro atoms. The maximum Gasteiger partial charge on any atom is 0.344 e. The van der Waals surface area contributed by atoms with Crippen LogP contribution in [-0.4, -0.2) is 50.6 Å². The molecular weight excluding hydrogens is 460 g/mol. The normalized spacial score (nSPS) is 10.6. The lowest BCUT2D eigenvalue weighted by molar-refractivity contribution is -0.149. The molecule has 0 bridgehead atoms. The summed E-state index contributed by atoms with van der Waals surface area (Å²) in [5.41, 5.74) is 2.44. The summed E-state index contributed by atoms with van der Waals surface area (Å²) >= 11 is 0.939. The number of amides is 2. The average Bonchev–Trinajstić information content (AvgIpc) is 3.11. The van der Waals surface area contributed by atoms with Crippen LogP contribution >= 0.6 is 11.3 Å². The van der Waals surface area contributed by atoms with Gasteiger partial charge in [0.25, 0.3) is 11.8 Å². The lowest BCUT2D eigenvalue weighted by atomic mass is 10.0. The van der Waals surface area contributed by atoms with Gasteiger partial charge < -0.3 is 24.8 Å². The van der Waals surface area contributed by atoms with E-state index in [1.165, 1.54) is 7.05 Å². The van der Waals surface area contributed by atoms with Gasteiger partial charge in [-0.15, -0.1) is 11.3 Å². The van der Waals surface area contributed by atoms with E-state index in [9.17, 15) is 19.2 Å². The summed E-state index contributed by atoms with van der Waals surface area (Å²) in [6, 6.07) is 5.76. The van der Waals surface area contributed by atoms with E-state index < -0.39 is 30.4 Å². The van der Waals surface area contributed by atoms with Crippen LogP contribution in [0.15, 0.2) is 18.2 Å². The number of carbonyl (C=O) groups excluding carboxylic acids is 4. The first-order valence-corrected chi connectivity index (χ1v) is 11.6. The number of esters is 2. The zero-order valence-corrected chi connectivity index (χ0v) is 21.0. The molecule has 0 fully saturated rings. The fourth-order valence-corrected chi connectivity index (χ4v) is 4.27. The van der Waals surface area contributed by atoms with Gasteiger partial charge in [-0.2, -0.15) is 0 Å². The minimum atomic E-state index is -0.717. The summed E-state index contributed by atoms with van der Waals surface area (Å²) in [4.78, 5) is 49.3. The zero-order chi connectivity index (χ0) is 25.4. The van der Waals surface area contributed by atoms with Crippen molar-refractivity contribution < 1.29 is 33.4 Å². The smallest absolute Gasteiger partial charge is 0.344 e. The monoisotopic (exact) mass is 490 g/mol. The van der Waals surface area contributed by atoms with E-state index in [0.717, 1.165) is 22.5 Å². The summed E-state index contributed by atoms with van der Waals surface area (Å²) in [7, 11) is 1.46. The minimum Gasteiger partial charge on any atom is -0.482 e. The molecule has 0 aliphatic rings. The van der Waals surface area contributed by atoms with E-state index in [2.05, 4.69) is 10.6 Å². The molecule has 2 N–H and O–H groups in total. The highest BCUT2D eigenvalue weighted by Crippen LogP contribution is 2.34. The van der Waals surface area contributed by atoms with Crippen LogP contribution in [0.4, 0.5) is 5.00 Å². The molecule has 1 aromatic heterocycles. The Morgan fingerprint density at radius 1 is 1.06 bits per heavy atom. The second-order valence-corrected chi connectivity index (χ2v) is 8.77. The highest BCUT2D eigenvalue weighted by atomic mass is 32.1. The van der Waals surface area contributed by atoms with Crippen molar-refractivity contribution in [3.05, 3.63) is 45.3 Å². The number of aryl methyl sites for hydroxylation is 1. The Bertz CT molecular complexity index is 1080. The summed E-state index contributed by atoms with van der Waals surface area (Å²) < 4.78 is 15.7. The van der Waals surface area contributed by atoms with Crippen LogP contribution in [0.1, 0.15) is 63.4 Å². The lowest BCUT2D eigenvalue weighted by Crippen LogP contribution is -2.24. The largest absolute Gasteiger partial charge is 0.482 e. The van der Waals surface area contributed by atoms with Crippen molar-refractivity contribution in [1.29, 1.82) is 0 Å². The quantitative estimate of drug-likeness (QED) is 0.489. The number of ether oxygens (including phenoxy) is 3. The van der Waals surface area contributed by atoms with Gasteiger partial charge in [0.1, 0.15) is 10.8 Å². The molecule has 0 aliphatic carbocycles. The van der Waals surface area contributed by atoms with Gasteiger partial charge in [0.2, 0.25) is 0 Å². The van der Waals surface area contributed by atoms with E-state index in [-0.39, 0.29) is 34.6 Å². The number of benzene rings is 1. The van der Waals surface area contributed by atoms with Crippen molar-refractivity contribution in [1.82, 2.24) is 5.32 Å². The molecule has 2 amide bonds. The van der Waals surface area contributed by atoms with E-state index >= 15 is 0 Å². The van der Waals surface area contributed by atoms with E-state index in [0.29, 0.717) is 11.3 Å².